The molecule has 0 amide bonds. The van der Waals surface area contributed by atoms with Crippen LogP contribution in [0.4, 0.5) is 5.69 Å². The Balaban J connectivity index is 2.02. The van der Waals surface area contributed by atoms with Crippen LogP contribution in [0.3, 0.4) is 0 Å². The number of nitrogens with zero attached hydrogens (tertiary/aromatic N) is 1. The molecule has 0 unspecified atom stereocenters. The number of sulfonamides is 1. The molecule has 0 atom stereocenters. The van der Waals surface area contributed by atoms with E-state index in [4.69, 9.17) is 0 Å². The number of anilines is 1. The normalized spacial score (nSPS) is 23.0. The first-order valence-electron chi connectivity index (χ1n) is 7.72. The second-order valence-electron chi connectivity index (χ2n) is 5.73. The molecule has 0 aromatic carbocycles. The number of hydrogen-bond donors (Lipinski definition) is 2. The van der Waals surface area contributed by atoms with Gasteiger partial charge in [-0.05, 0) is 43.7 Å². The van der Waals surface area contributed by atoms with E-state index in [1.807, 2.05) is 0 Å². The van der Waals surface area contributed by atoms with Gasteiger partial charge >= 0.3 is 0 Å². The first-order valence-corrected chi connectivity index (χ1v) is 9.20. The Hall–Kier alpha value is -1.14. The predicted molar refractivity (Wildman–Crippen MR) is 84.8 cm³/mol. The Morgan fingerprint density at radius 2 is 2.00 bits per heavy atom. The molecule has 1 aromatic heterocycles. The highest BCUT2D eigenvalue weighted by molar-refractivity contribution is 7.89. The lowest BCUT2D eigenvalue weighted by atomic mass is 9.84. The molecule has 2 rings (SSSR count). The minimum absolute atomic E-state index is 0.0369. The first-order chi connectivity index (χ1) is 10.1. The summed E-state index contributed by atoms with van der Waals surface area (Å²) < 4.78 is 27.8. The molecule has 1 aliphatic rings. The van der Waals surface area contributed by atoms with E-state index in [-0.39, 0.29) is 11.1 Å². The van der Waals surface area contributed by atoms with Crippen molar-refractivity contribution in [2.75, 3.05) is 12.4 Å². The average molecular weight is 311 g/mol. The Bertz CT molecular complexity index is 552. The lowest BCUT2D eigenvalue weighted by Crippen LogP contribution is -2.38. The van der Waals surface area contributed by atoms with E-state index in [1.54, 1.807) is 19.2 Å². The molecule has 0 radical (unpaired) electrons. The molecular weight excluding hydrogens is 286 g/mol. The quantitative estimate of drug-likeness (QED) is 0.847. The monoisotopic (exact) mass is 311 g/mol. The summed E-state index contributed by atoms with van der Waals surface area (Å²) in [6, 6.07) is 3.48. The van der Waals surface area contributed by atoms with E-state index in [0.29, 0.717) is 5.69 Å². The number of pyridine rings is 1. The lowest BCUT2D eigenvalue weighted by molar-refractivity contribution is 0.297. The van der Waals surface area contributed by atoms with Gasteiger partial charge in [-0.3, -0.25) is 0 Å². The molecule has 1 aromatic rings. The van der Waals surface area contributed by atoms with Crippen molar-refractivity contribution in [2.45, 2.75) is 56.5 Å². The third-order valence-electron chi connectivity index (χ3n) is 4.16. The molecule has 2 N–H and O–H groups in total. The fourth-order valence-corrected chi connectivity index (χ4v) is 4.49. The van der Waals surface area contributed by atoms with Gasteiger partial charge in [0.05, 0.1) is 5.69 Å². The van der Waals surface area contributed by atoms with Crippen molar-refractivity contribution in [3.05, 3.63) is 18.3 Å². The highest BCUT2D eigenvalue weighted by atomic mass is 32.2. The Morgan fingerprint density at radius 1 is 1.29 bits per heavy atom. The predicted octanol–water partition coefficient (Wildman–Crippen LogP) is 2.76. The van der Waals surface area contributed by atoms with Gasteiger partial charge in [0.2, 0.25) is 0 Å². The van der Waals surface area contributed by atoms with Crippen LogP contribution in [0.5, 0.6) is 0 Å². The smallest absolute Gasteiger partial charge is 0.260 e. The van der Waals surface area contributed by atoms with Crippen molar-refractivity contribution in [3.63, 3.8) is 0 Å². The lowest BCUT2D eigenvalue weighted by Gasteiger charge is -2.28. The van der Waals surface area contributed by atoms with Gasteiger partial charge in [-0.25, -0.2) is 18.1 Å². The summed E-state index contributed by atoms with van der Waals surface area (Å²) in [6.07, 6.45) is 8.04. The summed E-state index contributed by atoms with van der Waals surface area (Å²) in [5.41, 5.74) is 0.532. The second-order valence-corrected chi connectivity index (χ2v) is 7.36. The van der Waals surface area contributed by atoms with Crippen LogP contribution in [0.2, 0.25) is 0 Å². The third-order valence-corrected chi connectivity index (χ3v) is 5.64. The van der Waals surface area contributed by atoms with Crippen LogP contribution in [0.25, 0.3) is 0 Å². The van der Waals surface area contributed by atoms with Gasteiger partial charge in [0, 0.05) is 19.3 Å². The molecule has 1 aliphatic carbocycles. The van der Waals surface area contributed by atoms with Gasteiger partial charge in [0.15, 0.2) is 5.03 Å². The molecule has 1 heterocycles. The maximum Gasteiger partial charge on any atom is 0.260 e. The molecule has 0 bridgehead atoms. The zero-order valence-corrected chi connectivity index (χ0v) is 13.6. The summed E-state index contributed by atoms with van der Waals surface area (Å²) in [4.78, 5) is 4.02. The zero-order chi connectivity index (χ0) is 15.3. The molecule has 118 valence electrons. The van der Waals surface area contributed by atoms with E-state index in [2.05, 4.69) is 21.9 Å². The third kappa shape index (κ3) is 4.17. The topological polar surface area (TPSA) is 71.1 Å². The van der Waals surface area contributed by atoms with Crippen LogP contribution in [-0.4, -0.2) is 26.5 Å². The van der Waals surface area contributed by atoms with Gasteiger partial charge in [0.1, 0.15) is 0 Å². The Morgan fingerprint density at radius 3 is 2.62 bits per heavy atom. The van der Waals surface area contributed by atoms with Crippen LogP contribution in [0.1, 0.15) is 45.4 Å². The molecule has 0 aliphatic heterocycles. The van der Waals surface area contributed by atoms with E-state index in [1.165, 1.54) is 19.0 Å². The Labute approximate surface area is 127 Å². The summed E-state index contributed by atoms with van der Waals surface area (Å²) in [7, 11) is -1.86. The largest absolute Gasteiger partial charge is 0.386 e. The summed E-state index contributed by atoms with van der Waals surface area (Å²) in [6.45, 7) is 2.20. The number of rotatable bonds is 6. The molecule has 1 saturated carbocycles. The molecule has 1 fully saturated rings. The highest BCUT2D eigenvalue weighted by Gasteiger charge is 2.27. The summed E-state index contributed by atoms with van der Waals surface area (Å²) in [5.74, 6) is 0.762. The average Bonchev–Trinajstić information content (AvgIpc) is 2.49. The van der Waals surface area contributed by atoms with Crippen LogP contribution in [0, 0.1) is 5.92 Å². The summed E-state index contributed by atoms with van der Waals surface area (Å²) in [5, 5.41) is 2.97. The van der Waals surface area contributed by atoms with Crippen molar-refractivity contribution >= 4 is 15.7 Å². The van der Waals surface area contributed by atoms with Crippen LogP contribution < -0.4 is 10.0 Å². The maximum absolute atomic E-state index is 12.5. The molecular formula is C15H25N3O2S. The first kappa shape index (κ1) is 16.2. The van der Waals surface area contributed by atoms with Crippen LogP contribution in [0.15, 0.2) is 23.4 Å². The maximum atomic E-state index is 12.5. The van der Waals surface area contributed by atoms with Crippen molar-refractivity contribution in [3.8, 4) is 0 Å². The van der Waals surface area contributed by atoms with Crippen LogP contribution >= 0.6 is 0 Å². The van der Waals surface area contributed by atoms with E-state index >= 15 is 0 Å². The molecule has 6 heteroatoms. The van der Waals surface area contributed by atoms with Gasteiger partial charge in [-0.2, -0.15) is 0 Å². The van der Waals surface area contributed by atoms with E-state index < -0.39 is 10.0 Å². The summed E-state index contributed by atoms with van der Waals surface area (Å²) >= 11 is 0. The minimum atomic E-state index is -3.56. The van der Waals surface area contributed by atoms with Crippen molar-refractivity contribution < 1.29 is 8.42 Å². The van der Waals surface area contributed by atoms with Gasteiger partial charge in [-0.15, -0.1) is 0 Å². The number of aromatic nitrogens is 1. The van der Waals surface area contributed by atoms with Gasteiger partial charge in [-0.1, -0.05) is 19.8 Å². The van der Waals surface area contributed by atoms with Crippen molar-refractivity contribution in [1.82, 2.24) is 9.71 Å². The zero-order valence-electron chi connectivity index (χ0n) is 12.8. The molecule has 5 nitrogen and oxygen atoms in total. The second kappa shape index (κ2) is 7.22. The fourth-order valence-electron chi connectivity index (χ4n) is 3.05. The SMILES string of the molecule is CCCC1CCC(NS(=O)(=O)c2ncccc2NC)CC1. The Kier molecular flexibility index (Phi) is 5.58. The van der Waals surface area contributed by atoms with Crippen molar-refractivity contribution in [2.24, 2.45) is 5.92 Å². The standard InChI is InChI=1S/C15H25N3O2S/c1-3-5-12-7-9-13(10-8-12)18-21(19,20)15-14(16-2)6-4-11-17-15/h4,6,11-13,16,18H,3,5,7-10H2,1-2H3. The molecule has 21 heavy (non-hydrogen) atoms. The van der Waals surface area contributed by atoms with E-state index in [9.17, 15) is 8.42 Å². The van der Waals surface area contributed by atoms with E-state index in [0.717, 1.165) is 31.6 Å². The van der Waals surface area contributed by atoms with Gasteiger partial charge in [0.25, 0.3) is 10.0 Å². The van der Waals surface area contributed by atoms with Crippen LogP contribution in [-0.2, 0) is 10.0 Å². The minimum Gasteiger partial charge on any atom is -0.386 e. The molecule has 0 saturated heterocycles. The fraction of sp³-hybridized carbons (Fsp3) is 0.667. The van der Waals surface area contributed by atoms with Crippen molar-refractivity contribution in [1.29, 1.82) is 0 Å². The molecule has 0 spiro atoms. The van der Waals surface area contributed by atoms with Gasteiger partial charge < -0.3 is 5.32 Å². The number of hydrogen-bond acceptors (Lipinski definition) is 4. The number of nitrogens with one attached hydrogen (secondary N) is 2. The highest BCUT2D eigenvalue weighted by Crippen LogP contribution is 2.29.